The van der Waals surface area contributed by atoms with E-state index in [9.17, 15) is 0 Å². The summed E-state index contributed by atoms with van der Waals surface area (Å²) in [6.45, 7) is 7.80. The first-order valence-corrected chi connectivity index (χ1v) is 4.81. The van der Waals surface area contributed by atoms with Crippen LogP contribution < -0.4 is 0 Å². The van der Waals surface area contributed by atoms with Crippen LogP contribution in [0.3, 0.4) is 0 Å². The van der Waals surface area contributed by atoms with Crippen molar-refractivity contribution >= 4 is 0 Å². The number of rotatable bonds is 1. The van der Waals surface area contributed by atoms with E-state index in [4.69, 9.17) is 4.74 Å². The summed E-state index contributed by atoms with van der Waals surface area (Å²) in [6.07, 6.45) is 4.39. The van der Waals surface area contributed by atoms with E-state index in [1.165, 1.54) is 19.3 Å². The fraction of sp³-hybridized carbons (Fsp3) is 1.00. The van der Waals surface area contributed by atoms with Crippen molar-refractivity contribution in [3.8, 4) is 0 Å². The zero-order chi connectivity index (χ0) is 8.27. The van der Waals surface area contributed by atoms with Gasteiger partial charge in [0.15, 0.2) is 0 Å². The minimum Gasteiger partial charge on any atom is -0.378 e. The highest BCUT2D eigenvalue weighted by Gasteiger charge is 2.18. The van der Waals surface area contributed by atoms with Crippen LogP contribution in [0.5, 0.6) is 0 Å². The van der Waals surface area contributed by atoms with Crippen molar-refractivity contribution in [3.63, 3.8) is 0 Å². The van der Waals surface area contributed by atoms with Gasteiger partial charge in [-0.2, -0.15) is 0 Å². The lowest BCUT2D eigenvalue weighted by atomic mass is 9.97. The molecule has 1 heteroatoms. The summed E-state index contributed by atoms with van der Waals surface area (Å²) in [5.41, 5.74) is 0. The smallest absolute Gasteiger partial charge is 0.0598 e. The molecular formula is C10H20O. The van der Waals surface area contributed by atoms with E-state index in [0.29, 0.717) is 12.0 Å². The van der Waals surface area contributed by atoms with E-state index < -0.39 is 0 Å². The summed E-state index contributed by atoms with van der Waals surface area (Å²) < 4.78 is 5.73. The van der Waals surface area contributed by atoms with Crippen molar-refractivity contribution in [2.75, 3.05) is 6.61 Å². The largest absolute Gasteiger partial charge is 0.378 e. The predicted molar refractivity (Wildman–Crippen MR) is 47.6 cm³/mol. The molecule has 1 aliphatic rings. The average Bonchev–Trinajstić information content (AvgIpc) is 2.13. The van der Waals surface area contributed by atoms with E-state index in [1.807, 2.05) is 0 Å². The molecule has 1 saturated heterocycles. The Hall–Kier alpha value is -0.0400. The molecule has 0 radical (unpaired) electrons. The molecule has 0 aromatic carbocycles. The van der Waals surface area contributed by atoms with Crippen LogP contribution in [-0.4, -0.2) is 12.7 Å². The normalized spacial score (nSPS) is 33.8. The van der Waals surface area contributed by atoms with Crippen LogP contribution in [0, 0.1) is 11.8 Å². The van der Waals surface area contributed by atoms with Crippen LogP contribution in [0.25, 0.3) is 0 Å². The first-order chi connectivity index (χ1) is 5.20. The summed E-state index contributed by atoms with van der Waals surface area (Å²) >= 11 is 0. The minimum absolute atomic E-state index is 0.528. The maximum Gasteiger partial charge on any atom is 0.0598 e. The van der Waals surface area contributed by atoms with Gasteiger partial charge in [0.2, 0.25) is 0 Å². The van der Waals surface area contributed by atoms with Gasteiger partial charge in [0.1, 0.15) is 0 Å². The summed E-state index contributed by atoms with van der Waals surface area (Å²) in [5.74, 6) is 1.57. The molecule has 1 rings (SSSR count). The van der Waals surface area contributed by atoms with Gasteiger partial charge < -0.3 is 4.74 Å². The molecule has 1 nitrogen and oxygen atoms in total. The molecule has 0 spiro atoms. The highest BCUT2D eigenvalue weighted by atomic mass is 16.5. The number of hydrogen-bond acceptors (Lipinski definition) is 1. The van der Waals surface area contributed by atoms with Gasteiger partial charge in [-0.3, -0.25) is 0 Å². The summed E-state index contributed by atoms with van der Waals surface area (Å²) in [5, 5.41) is 0. The zero-order valence-corrected chi connectivity index (χ0v) is 7.97. The Balaban J connectivity index is 2.34. The zero-order valence-electron chi connectivity index (χ0n) is 7.97. The highest BCUT2D eigenvalue weighted by Crippen LogP contribution is 2.22. The molecule has 11 heavy (non-hydrogen) atoms. The second kappa shape index (κ2) is 4.10. The quantitative estimate of drug-likeness (QED) is 0.567. The molecule has 0 aromatic heterocycles. The molecule has 1 heterocycles. The fourth-order valence-electron chi connectivity index (χ4n) is 1.62. The first kappa shape index (κ1) is 9.05. The van der Waals surface area contributed by atoms with Crippen molar-refractivity contribution in [2.24, 2.45) is 11.8 Å². The molecule has 0 aromatic rings. The van der Waals surface area contributed by atoms with Crippen LogP contribution >= 0.6 is 0 Å². The third-order valence-electron chi connectivity index (χ3n) is 2.63. The van der Waals surface area contributed by atoms with Crippen molar-refractivity contribution in [1.29, 1.82) is 0 Å². The predicted octanol–water partition coefficient (Wildman–Crippen LogP) is 2.85. The molecule has 2 unspecified atom stereocenters. The lowest BCUT2D eigenvalue weighted by Gasteiger charge is -2.18. The molecule has 66 valence electrons. The monoisotopic (exact) mass is 156 g/mol. The maximum atomic E-state index is 5.73. The molecule has 0 N–H and O–H groups in total. The third-order valence-corrected chi connectivity index (χ3v) is 2.63. The van der Waals surface area contributed by atoms with Gasteiger partial charge in [-0.05, 0) is 31.1 Å². The fourth-order valence-corrected chi connectivity index (χ4v) is 1.62. The van der Waals surface area contributed by atoms with Crippen molar-refractivity contribution < 1.29 is 4.74 Å². The van der Waals surface area contributed by atoms with Gasteiger partial charge in [-0.25, -0.2) is 0 Å². The van der Waals surface area contributed by atoms with E-state index in [0.717, 1.165) is 12.5 Å². The number of hydrogen-bond donors (Lipinski definition) is 0. The molecular weight excluding hydrogens is 136 g/mol. The number of ether oxygens (including phenoxy) is 1. The van der Waals surface area contributed by atoms with Gasteiger partial charge >= 0.3 is 0 Å². The van der Waals surface area contributed by atoms with Crippen LogP contribution in [0.1, 0.15) is 40.0 Å². The molecule has 1 aliphatic heterocycles. The molecule has 0 bridgehead atoms. The minimum atomic E-state index is 0.528. The van der Waals surface area contributed by atoms with Crippen molar-refractivity contribution in [2.45, 2.75) is 46.1 Å². The van der Waals surface area contributed by atoms with Gasteiger partial charge in [0.25, 0.3) is 0 Å². The van der Waals surface area contributed by atoms with Gasteiger partial charge in [-0.1, -0.05) is 20.8 Å². The molecule has 1 fully saturated rings. The topological polar surface area (TPSA) is 9.23 Å². The Morgan fingerprint density at radius 1 is 1.18 bits per heavy atom. The second-order valence-corrected chi connectivity index (χ2v) is 4.12. The molecule has 2 atom stereocenters. The van der Waals surface area contributed by atoms with E-state index >= 15 is 0 Å². The highest BCUT2D eigenvalue weighted by molar-refractivity contribution is 4.68. The van der Waals surface area contributed by atoms with Crippen LogP contribution in [-0.2, 0) is 4.74 Å². The van der Waals surface area contributed by atoms with Crippen LogP contribution in [0.15, 0.2) is 0 Å². The van der Waals surface area contributed by atoms with E-state index in [-0.39, 0.29) is 0 Å². The third kappa shape index (κ3) is 2.82. The molecule has 0 amide bonds. The van der Waals surface area contributed by atoms with Gasteiger partial charge in [-0.15, -0.1) is 0 Å². The Morgan fingerprint density at radius 3 is 2.55 bits per heavy atom. The van der Waals surface area contributed by atoms with Gasteiger partial charge in [0, 0.05) is 6.61 Å². The van der Waals surface area contributed by atoms with Crippen LogP contribution in [0.2, 0.25) is 0 Å². The van der Waals surface area contributed by atoms with E-state index in [2.05, 4.69) is 20.8 Å². The van der Waals surface area contributed by atoms with Crippen molar-refractivity contribution in [3.05, 3.63) is 0 Å². The Morgan fingerprint density at radius 2 is 1.91 bits per heavy atom. The summed E-state index contributed by atoms with van der Waals surface area (Å²) in [4.78, 5) is 0. The maximum absolute atomic E-state index is 5.73. The average molecular weight is 156 g/mol. The van der Waals surface area contributed by atoms with Crippen LogP contribution in [0.4, 0.5) is 0 Å². The van der Waals surface area contributed by atoms with Gasteiger partial charge in [0.05, 0.1) is 6.10 Å². The molecule has 0 saturated carbocycles. The Kier molecular flexibility index (Phi) is 3.38. The summed E-state index contributed by atoms with van der Waals surface area (Å²) in [6, 6.07) is 0. The van der Waals surface area contributed by atoms with Crippen molar-refractivity contribution in [1.82, 2.24) is 0 Å². The standard InChI is InChI=1S/C10H20O/c1-8(2)10-5-4-9(3)6-7-11-10/h8-10H,4-7H2,1-3H3. The SMILES string of the molecule is CC1CCOC(C(C)C)CC1. The molecule has 0 aliphatic carbocycles. The lowest BCUT2D eigenvalue weighted by Crippen LogP contribution is -2.18. The first-order valence-electron chi connectivity index (χ1n) is 4.81. The Bertz CT molecular complexity index is 109. The summed E-state index contributed by atoms with van der Waals surface area (Å²) in [7, 11) is 0. The second-order valence-electron chi connectivity index (χ2n) is 4.12. The lowest BCUT2D eigenvalue weighted by molar-refractivity contribution is 0.0269. The van der Waals surface area contributed by atoms with E-state index in [1.54, 1.807) is 0 Å². The Labute approximate surface area is 70.1 Å².